The molecule has 2 aromatic carbocycles. The molecule has 3 aromatic rings. The van der Waals surface area contributed by atoms with Crippen LogP contribution >= 0.6 is 0 Å². The molecule has 0 unspecified atom stereocenters. The van der Waals surface area contributed by atoms with Gasteiger partial charge >= 0.3 is 0 Å². The van der Waals surface area contributed by atoms with E-state index in [0.29, 0.717) is 12.2 Å². The molecule has 0 radical (unpaired) electrons. The second kappa shape index (κ2) is 7.99. The van der Waals surface area contributed by atoms with Crippen molar-refractivity contribution in [3.63, 3.8) is 0 Å². The lowest BCUT2D eigenvalue weighted by Crippen LogP contribution is -2.15. The summed E-state index contributed by atoms with van der Waals surface area (Å²) in [7, 11) is 0. The van der Waals surface area contributed by atoms with E-state index in [1.807, 2.05) is 32.9 Å². The second-order valence-corrected chi connectivity index (χ2v) is 6.64. The predicted molar refractivity (Wildman–Crippen MR) is 107 cm³/mol. The molecule has 1 aromatic heterocycles. The summed E-state index contributed by atoms with van der Waals surface area (Å²) < 4.78 is 12.9. The zero-order valence-corrected chi connectivity index (χ0v) is 15.6. The maximum absolute atomic E-state index is 12.9. The summed E-state index contributed by atoms with van der Waals surface area (Å²) in [5.41, 5.74) is 6.14. The summed E-state index contributed by atoms with van der Waals surface area (Å²) >= 11 is 0. The monoisotopic (exact) mass is 363 g/mol. The van der Waals surface area contributed by atoms with Crippen LogP contribution < -0.4 is 10.6 Å². The SMILES string of the molecule is Cc1cc(C)c(NC(=O)c2ccc(NCc3ccc(F)cc3)cn2)c(C)c1. The first-order valence-electron chi connectivity index (χ1n) is 8.76. The molecule has 1 heterocycles. The highest BCUT2D eigenvalue weighted by Gasteiger charge is 2.11. The molecule has 27 heavy (non-hydrogen) atoms. The van der Waals surface area contributed by atoms with Crippen LogP contribution in [0.15, 0.2) is 54.7 Å². The number of nitrogens with zero attached hydrogens (tertiary/aromatic N) is 1. The number of hydrogen-bond acceptors (Lipinski definition) is 3. The minimum absolute atomic E-state index is 0.241. The highest BCUT2D eigenvalue weighted by molar-refractivity contribution is 6.03. The fourth-order valence-electron chi connectivity index (χ4n) is 2.99. The van der Waals surface area contributed by atoms with Crippen molar-refractivity contribution in [1.82, 2.24) is 4.98 Å². The van der Waals surface area contributed by atoms with Crippen molar-refractivity contribution >= 4 is 17.3 Å². The van der Waals surface area contributed by atoms with Gasteiger partial charge in [-0.3, -0.25) is 4.79 Å². The molecule has 0 spiro atoms. The van der Waals surface area contributed by atoms with E-state index in [0.717, 1.165) is 33.6 Å². The Balaban J connectivity index is 1.64. The minimum atomic E-state index is -0.255. The van der Waals surface area contributed by atoms with Gasteiger partial charge in [0.05, 0.1) is 11.9 Å². The number of pyridine rings is 1. The minimum Gasteiger partial charge on any atom is -0.380 e. The van der Waals surface area contributed by atoms with Gasteiger partial charge < -0.3 is 10.6 Å². The van der Waals surface area contributed by atoms with E-state index in [1.165, 1.54) is 12.1 Å². The van der Waals surface area contributed by atoms with Gasteiger partial charge in [-0.25, -0.2) is 9.37 Å². The van der Waals surface area contributed by atoms with Crippen molar-refractivity contribution in [2.24, 2.45) is 0 Å². The van der Waals surface area contributed by atoms with Crippen LogP contribution in [0.3, 0.4) is 0 Å². The van der Waals surface area contributed by atoms with Crippen LogP contribution in [0.4, 0.5) is 15.8 Å². The van der Waals surface area contributed by atoms with Gasteiger partial charge in [0, 0.05) is 12.2 Å². The van der Waals surface area contributed by atoms with Gasteiger partial charge in [-0.2, -0.15) is 0 Å². The van der Waals surface area contributed by atoms with E-state index < -0.39 is 0 Å². The second-order valence-electron chi connectivity index (χ2n) is 6.64. The van der Waals surface area contributed by atoms with E-state index in [-0.39, 0.29) is 11.7 Å². The molecular weight excluding hydrogens is 341 g/mol. The summed E-state index contributed by atoms with van der Waals surface area (Å²) in [6, 6.07) is 13.9. The first-order chi connectivity index (χ1) is 12.9. The van der Waals surface area contributed by atoms with Gasteiger partial charge in [-0.1, -0.05) is 29.8 Å². The number of carbonyl (C=O) groups excluding carboxylic acids is 1. The number of anilines is 2. The van der Waals surface area contributed by atoms with Crippen molar-refractivity contribution in [2.75, 3.05) is 10.6 Å². The van der Waals surface area contributed by atoms with Gasteiger partial charge in [-0.05, 0) is 61.7 Å². The molecule has 0 atom stereocenters. The molecule has 0 saturated heterocycles. The summed E-state index contributed by atoms with van der Waals surface area (Å²) in [6.07, 6.45) is 1.62. The van der Waals surface area contributed by atoms with Gasteiger partial charge in [0.2, 0.25) is 0 Å². The Morgan fingerprint density at radius 1 is 1.00 bits per heavy atom. The van der Waals surface area contributed by atoms with Crippen molar-refractivity contribution in [3.8, 4) is 0 Å². The number of aromatic nitrogens is 1. The van der Waals surface area contributed by atoms with E-state index in [1.54, 1.807) is 30.5 Å². The largest absolute Gasteiger partial charge is 0.380 e. The highest BCUT2D eigenvalue weighted by atomic mass is 19.1. The van der Waals surface area contributed by atoms with Crippen molar-refractivity contribution in [1.29, 1.82) is 0 Å². The average Bonchev–Trinajstić information content (AvgIpc) is 2.64. The molecule has 0 fully saturated rings. The van der Waals surface area contributed by atoms with Crippen LogP contribution in [-0.2, 0) is 6.54 Å². The Morgan fingerprint density at radius 3 is 2.26 bits per heavy atom. The van der Waals surface area contributed by atoms with Crippen LogP contribution in [-0.4, -0.2) is 10.9 Å². The van der Waals surface area contributed by atoms with Crippen LogP contribution in [0.2, 0.25) is 0 Å². The lowest BCUT2D eigenvalue weighted by molar-refractivity contribution is 0.102. The zero-order chi connectivity index (χ0) is 19.4. The highest BCUT2D eigenvalue weighted by Crippen LogP contribution is 2.22. The zero-order valence-electron chi connectivity index (χ0n) is 15.6. The first kappa shape index (κ1) is 18.6. The number of benzene rings is 2. The third-order valence-electron chi connectivity index (χ3n) is 4.32. The molecule has 4 nitrogen and oxygen atoms in total. The number of halogens is 1. The van der Waals surface area contributed by atoms with Crippen LogP contribution in [0.1, 0.15) is 32.7 Å². The summed E-state index contributed by atoms with van der Waals surface area (Å²) in [5.74, 6) is -0.495. The van der Waals surface area contributed by atoms with Gasteiger partial charge in [0.25, 0.3) is 5.91 Å². The van der Waals surface area contributed by atoms with E-state index in [4.69, 9.17) is 0 Å². The number of rotatable bonds is 5. The summed E-state index contributed by atoms with van der Waals surface area (Å²) in [4.78, 5) is 16.7. The maximum Gasteiger partial charge on any atom is 0.274 e. The van der Waals surface area contributed by atoms with Crippen LogP contribution in [0.25, 0.3) is 0 Å². The van der Waals surface area contributed by atoms with Crippen molar-refractivity contribution in [2.45, 2.75) is 27.3 Å². The Kier molecular flexibility index (Phi) is 5.50. The molecule has 138 valence electrons. The molecule has 0 saturated carbocycles. The molecule has 0 aliphatic rings. The number of amides is 1. The Morgan fingerprint density at radius 2 is 1.67 bits per heavy atom. The first-order valence-corrected chi connectivity index (χ1v) is 8.76. The predicted octanol–water partition coefficient (Wildman–Crippen LogP) is 5.01. The van der Waals surface area contributed by atoms with E-state index in [2.05, 4.69) is 15.6 Å². The molecular formula is C22H22FN3O. The van der Waals surface area contributed by atoms with Gasteiger partial charge in [0.1, 0.15) is 11.5 Å². The van der Waals surface area contributed by atoms with Gasteiger partial charge in [-0.15, -0.1) is 0 Å². The fraction of sp³-hybridized carbons (Fsp3) is 0.182. The molecule has 1 amide bonds. The Labute approximate surface area is 158 Å². The van der Waals surface area contributed by atoms with Crippen molar-refractivity contribution in [3.05, 3.63) is 88.5 Å². The van der Waals surface area contributed by atoms with Gasteiger partial charge in [0.15, 0.2) is 0 Å². The number of hydrogen-bond donors (Lipinski definition) is 2. The summed E-state index contributed by atoms with van der Waals surface area (Å²) in [6.45, 7) is 6.54. The fourth-order valence-corrected chi connectivity index (χ4v) is 2.99. The molecule has 2 N–H and O–H groups in total. The Hall–Kier alpha value is -3.21. The third-order valence-corrected chi connectivity index (χ3v) is 4.32. The van der Waals surface area contributed by atoms with E-state index in [9.17, 15) is 9.18 Å². The lowest BCUT2D eigenvalue weighted by atomic mass is 10.0. The van der Waals surface area contributed by atoms with Crippen LogP contribution in [0, 0.1) is 26.6 Å². The molecule has 5 heteroatoms. The topological polar surface area (TPSA) is 54.0 Å². The summed E-state index contributed by atoms with van der Waals surface area (Å²) in [5, 5.41) is 6.15. The lowest BCUT2D eigenvalue weighted by Gasteiger charge is -2.13. The molecule has 0 bridgehead atoms. The normalized spacial score (nSPS) is 10.5. The standard InChI is InChI=1S/C22H22FN3O/c1-14-10-15(2)21(16(3)11-14)26-22(27)20-9-8-19(13-25-20)24-12-17-4-6-18(23)7-5-17/h4-11,13,24H,12H2,1-3H3,(H,26,27). The number of carbonyl (C=O) groups is 1. The quantitative estimate of drug-likeness (QED) is 0.670. The third kappa shape index (κ3) is 4.70. The number of aryl methyl sites for hydroxylation is 3. The molecule has 0 aliphatic heterocycles. The van der Waals surface area contributed by atoms with Crippen LogP contribution in [0.5, 0.6) is 0 Å². The van der Waals surface area contributed by atoms with Crippen molar-refractivity contribution < 1.29 is 9.18 Å². The molecule has 3 rings (SSSR count). The maximum atomic E-state index is 12.9. The molecule has 0 aliphatic carbocycles. The van der Waals surface area contributed by atoms with E-state index >= 15 is 0 Å². The average molecular weight is 363 g/mol. The smallest absolute Gasteiger partial charge is 0.274 e. The Bertz CT molecular complexity index is 927. The number of nitrogens with one attached hydrogen (secondary N) is 2.